The molecule has 1 fully saturated rings. The maximum atomic E-state index is 12.7. The topological polar surface area (TPSA) is 87.7 Å². The maximum Gasteiger partial charge on any atom is 0.260 e. The summed E-state index contributed by atoms with van der Waals surface area (Å²) >= 11 is 0. The number of nitrogens with one attached hydrogen (secondary N) is 1. The molecule has 1 aliphatic heterocycles. The van der Waals surface area contributed by atoms with Gasteiger partial charge in [-0.25, -0.2) is 0 Å². The molecule has 0 saturated carbocycles. The number of amides is 2. The summed E-state index contributed by atoms with van der Waals surface area (Å²) in [7, 11) is 0. The molecule has 8 heteroatoms. The number of ether oxygens (including phenoxy) is 1. The Hall–Kier alpha value is -4.46. The molecule has 0 unspecified atom stereocenters. The number of fused-ring (bicyclic) bond motifs is 1. The molecule has 3 aromatic carbocycles. The number of rotatable bonds is 6. The average Bonchev–Trinajstić information content (AvgIpc) is 2.91. The van der Waals surface area contributed by atoms with Crippen LogP contribution in [-0.4, -0.2) is 59.7 Å². The van der Waals surface area contributed by atoms with E-state index in [1.54, 1.807) is 29.2 Å². The van der Waals surface area contributed by atoms with E-state index in [1.807, 2.05) is 30.3 Å². The molecule has 8 nitrogen and oxygen atoms in total. The molecule has 2 amide bonds. The highest BCUT2D eigenvalue weighted by atomic mass is 16.5. The summed E-state index contributed by atoms with van der Waals surface area (Å²) < 4.78 is 5.66. The lowest BCUT2D eigenvalue weighted by atomic mass is 10.0. The van der Waals surface area contributed by atoms with E-state index in [0.717, 1.165) is 22.5 Å². The van der Waals surface area contributed by atoms with Gasteiger partial charge in [-0.3, -0.25) is 9.59 Å². The van der Waals surface area contributed by atoms with Gasteiger partial charge in [0.05, 0.1) is 5.69 Å². The summed E-state index contributed by atoms with van der Waals surface area (Å²) in [5, 5.41) is 14.0. The molecule has 2 heterocycles. The van der Waals surface area contributed by atoms with Crippen molar-refractivity contribution in [2.75, 3.05) is 43.0 Å². The summed E-state index contributed by atoms with van der Waals surface area (Å²) in [5.74, 6) is 1.11. The predicted octanol–water partition coefficient (Wildman–Crippen LogP) is 3.98. The van der Waals surface area contributed by atoms with Crippen molar-refractivity contribution in [2.24, 2.45) is 0 Å². The maximum absolute atomic E-state index is 12.7. The van der Waals surface area contributed by atoms with Gasteiger partial charge in [0.25, 0.3) is 5.91 Å². The number of piperazine rings is 1. The Morgan fingerprint density at radius 1 is 0.889 bits per heavy atom. The van der Waals surface area contributed by atoms with Gasteiger partial charge in [0.1, 0.15) is 5.75 Å². The van der Waals surface area contributed by atoms with Crippen molar-refractivity contribution in [3.8, 4) is 17.0 Å². The summed E-state index contributed by atoms with van der Waals surface area (Å²) in [6.07, 6.45) is 0. The number of carbonyl (C=O) groups excluding carboxylic acids is 2. The first-order chi connectivity index (χ1) is 17.6. The molecule has 1 saturated heterocycles. The van der Waals surface area contributed by atoms with Gasteiger partial charge in [-0.05, 0) is 35.0 Å². The van der Waals surface area contributed by atoms with Crippen LogP contribution >= 0.6 is 0 Å². The molecule has 36 heavy (non-hydrogen) atoms. The molecule has 0 radical (unpaired) electrons. The van der Waals surface area contributed by atoms with Crippen LogP contribution in [0.15, 0.2) is 78.9 Å². The SMILES string of the molecule is CC(=O)Nc1cccc(OCC(=O)N2CCN(c3ccc(-c4cccc5ccccc45)nn3)CC2)c1. The van der Waals surface area contributed by atoms with Crippen molar-refractivity contribution in [3.05, 3.63) is 78.9 Å². The van der Waals surface area contributed by atoms with Crippen LogP contribution in [0, 0.1) is 0 Å². The number of hydrogen-bond acceptors (Lipinski definition) is 6. The number of anilines is 2. The molecule has 1 aromatic heterocycles. The largest absolute Gasteiger partial charge is 0.484 e. The molecule has 4 aromatic rings. The fourth-order valence-electron chi connectivity index (χ4n) is 4.37. The molecule has 5 rings (SSSR count). The second kappa shape index (κ2) is 10.4. The van der Waals surface area contributed by atoms with Gasteiger partial charge in [0.15, 0.2) is 12.4 Å². The molecule has 0 bridgehead atoms. The van der Waals surface area contributed by atoms with Crippen LogP contribution in [0.1, 0.15) is 6.92 Å². The van der Waals surface area contributed by atoms with Crippen LogP contribution in [0.4, 0.5) is 11.5 Å². The molecule has 0 spiro atoms. The minimum atomic E-state index is -0.158. The van der Waals surface area contributed by atoms with Crippen molar-refractivity contribution in [2.45, 2.75) is 6.92 Å². The predicted molar refractivity (Wildman–Crippen MR) is 140 cm³/mol. The van der Waals surface area contributed by atoms with Crippen LogP contribution in [0.25, 0.3) is 22.0 Å². The highest BCUT2D eigenvalue weighted by molar-refractivity contribution is 5.95. The van der Waals surface area contributed by atoms with Crippen LogP contribution in [0.5, 0.6) is 5.75 Å². The summed E-state index contributed by atoms with van der Waals surface area (Å²) in [6, 6.07) is 25.4. The highest BCUT2D eigenvalue weighted by Crippen LogP contribution is 2.27. The Kier molecular flexibility index (Phi) is 6.75. The van der Waals surface area contributed by atoms with E-state index in [4.69, 9.17) is 4.74 Å². The van der Waals surface area contributed by atoms with Crippen molar-refractivity contribution < 1.29 is 14.3 Å². The van der Waals surface area contributed by atoms with Gasteiger partial charge in [0.2, 0.25) is 5.91 Å². The molecule has 1 aliphatic rings. The Labute approximate surface area is 209 Å². The monoisotopic (exact) mass is 481 g/mol. The Balaban J connectivity index is 1.16. The summed E-state index contributed by atoms with van der Waals surface area (Å²) in [6.45, 7) is 3.91. The first-order valence-corrected chi connectivity index (χ1v) is 11.9. The average molecular weight is 482 g/mol. The molecular weight excluding hydrogens is 454 g/mol. The van der Waals surface area contributed by atoms with Gasteiger partial charge >= 0.3 is 0 Å². The third-order valence-corrected chi connectivity index (χ3v) is 6.19. The smallest absolute Gasteiger partial charge is 0.260 e. The van der Waals surface area contributed by atoms with E-state index in [2.05, 4.69) is 44.7 Å². The molecule has 182 valence electrons. The van der Waals surface area contributed by atoms with Crippen LogP contribution in [0.3, 0.4) is 0 Å². The van der Waals surface area contributed by atoms with Crippen molar-refractivity contribution >= 4 is 34.1 Å². The van der Waals surface area contributed by atoms with Crippen molar-refractivity contribution in [1.82, 2.24) is 15.1 Å². The second-order valence-corrected chi connectivity index (χ2v) is 8.67. The van der Waals surface area contributed by atoms with E-state index >= 15 is 0 Å². The standard InChI is InChI=1S/C28H27N5O3/c1-20(34)29-22-8-5-9-23(18-22)36-19-28(35)33-16-14-32(15-17-33)27-13-12-26(30-31-27)25-11-4-7-21-6-2-3-10-24(21)25/h2-13,18H,14-17,19H2,1H3,(H,29,34). The number of aromatic nitrogens is 2. The number of carbonyl (C=O) groups is 2. The minimum Gasteiger partial charge on any atom is -0.484 e. The third kappa shape index (κ3) is 5.27. The van der Waals surface area contributed by atoms with Crippen LogP contribution in [0.2, 0.25) is 0 Å². The number of benzene rings is 3. The summed E-state index contributed by atoms with van der Waals surface area (Å²) in [4.78, 5) is 27.8. The van der Waals surface area contributed by atoms with Gasteiger partial charge in [0, 0.05) is 50.4 Å². The normalized spacial score (nSPS) is 13.5. The zero-order valence-corrected chi connectivity index (χ0v) is 20.1. The lowest BCUT2D eigenvalue weighted by molar-refractivity contribution is -0.133. The van der Waals surface area contributed by atoms with Gasteiger partial charge in [-0.2, -0.15) is 0 Å². The van der Waals surface area contributed by atoms with E-state index in [0.29, 0.717) is 37.6 Å². The van der Waals surface area contributed by atoms with E-state index in [9.17, 15) is 9.59 Å². The Morgan fingerprint density at radius 3 is 2.44 bits per heavy atom. The first-order valence-electron chi connectivity index (χ1n) is 11.9. The molecule has 0 aliphatic carbocycles. The fraction of sp³-hybridized carbons (Fsp3) is 0.214. The molecule has 1 N–H and O–H groups in total. The van der Waals surface area contributed by atoms with Gasteiger partial charge < -0.3 is 19.9 Å². The van der Waals surface area contributed by atoms with E-state index in [-0.39, 0.29) is 18.4 Å². The van der Waals surface area contributed by atoms with Crippen LogP contribution < -0.4 is 15.0 Å². The lowest BCUT2D eigenvalue weighted by Gasteiger charge is -2.35. The van der Waals surface area contributed by atoms with Crippen molar-refractivity contribution in [1.29, 1.82) is 0 Å². The Bertz CT molecular complexity index is 1380. The third-order valence-electron chi connectivity index (χ3n) is 6.19. The quantitative estimate of drug-likeness (QED) is 0.448. The molecule has 0 atom stereocenters. The Morgan fingerprint density at radius 2 is 1.67 bits per heavy atom. The van der Waals surface area contributed by atoms with E-state index < -0.39 is 0 Å². The highest BCUT2D eigenvalue weighted by Gasteiger charge is 2.22. The zero-order valence-electron chi connectivity index (χ0n) is 20.1. The van der Waals surface area contributed by atoms with E-state index in [1.165, 1.54) is 12.3 Å². The summed E-state index contributed by atoms with van der Waals surface area (Å²) in [5.41, 5.74) is 2.53. The van der Waals surface area contributed by atoms with Gasteiger partial charge in [-0.15, -0.1) is 10.2 Å². The molecular formula is C28H27N5O3. The van der Waals surface area contributed by atoms with Gasteiger partial charge in [-0.1, -0.05) is 48.5 Å². The number of nitrogens with zero attached hydrogens (tertiary/aromatic N) is 4. The van der Waals surface area contributed by atoms with Crippen molar-refractivity contribution in [3.63, 3.8) is 0 Å². The second-order valence-electron chi connectivity index (χ2n) is 8.67. The number of hydrogen-bond donors (Lipinski definition) is 1. The van der Waals surface area contributed by atoms with Crippen LogP contribution in [-0.2, 0) is 9.59 Å². The minimum absolute atomic E-state index is 0.0525. The fourth-order valence-corrected chi connectivity index (χ4v) is 4.37. The first kappa shape index (κ1) is 23.3. The lowest BCUT2D eigenvalue weighted by Crippen LogP contribution is -2.50. The zero-order chi connectivity index (χ0) is 24.9.